The van der Waals surface area contributed by atoms with Crippen LogP contribution in [0.4, 0.5) is 0 Å². The van der Waals surface area contributed by atoms with Crippen molar-refractivity contribution in [2.75, 3.05) is 7.11 Å². The Kier molecular flexibility index (Phi) is 3.02. The Morgan fingerprint density at radius 2 is 2.50 bits per heavy atom. The van der Waals surface area contributed by atoms with E-state index in [0.29, 0.717) is 12.8 Å². The largest absolute Gasteiger partial charge is 0.469 e. The lowest BCUT2D eigenvalue weighted by molar-refractivity contribution is -0.145. The van der Waals surface area contributed by atoms with E-state index in [1.165, 1.54) is 7.11 Å². The Labute approximate surface area is 71.4 Å². The maximum absolute atomic E-state index is 11.0. The molecule has 0 saturated carbocycles. The molecule has 0 aromatic heterocycles. The quantitative estimate of drug-likeness (QED) is 0.458. The highest BCUT2D eigenvalue weighted by atomic mass is 16.5. The number of aldehydes is 1. The molecule has 1 rings (SSSR count). The van der Waals surface area contributed by atoms with Crippen LogP contribution in [0.25, 0.3) is 0 Å². The Hall–Kier alpha value is -1.12. The molecule has 0 aromatic rings. The summed E-state index contributed by atoms with van der Waals surface area (Å²) < 4.78 is 4.60. The third-order valence-electron chi connectivity index (χ3n) is 2.13. The molecule has 3 heteroatoms. The van der Waals surface area contributed by atoms with Crippen molar-refractivity contribution in [1.29, 1.82) is 0 Å². The maximum atomic E-state index is 11.0. The summed E-state index contributed by atoms with van der Waals surface area (Å²) in [5.41, 5.74) is 0.801. The average molecular weight is 168 g/mol. The van der Waals surface area contributed by atoms with Gasteiger partial charge in [0.15, 0.2) is 0 Å². The summed E-state index contributed by atoms with van der Waals surface area (Å²) in [6, 6.07) is 0. The van der Waals surface area contributed by atoms with Gasteiger partial charge in [0.2, 0.25) is 0 Å². The van der Waals surface area contributed by atoms with Crippen LogP contribution in [0.2, 0.25) is 0 Å². The summed E-state index contributed by atoms with van der Waals surface area (Å²) in [6.07, 6.45) is 4.74. The Morgan fingerprint density at radius 1 is 1.75 bits per heavy atom. The molecular weight excluding hydrogens is 156 g/mol. The Balaban J connectivity index is 2.51. The summed E-state index contributed by atoms with van der Waals surface area (Å²) in [7, 11) is 1.39. The van der Waals surface area contributed by atoms with Gasteiger partial charge in [0.1, 0.15) is 6.29 Å². The summed E-state index contributed by atoms with van der Waals surface area (Å²) in [5.74, 6) is -0.213. The molecule has 0 saturated heterocycles. The van der Waals surface area contributed by atoms with E-state index in [-0.39, 0.29) is 11.9 Å². The molecule has 1 aliphatic rings. The van der Waals surface area contributed by atoms with E-state index in [4.69, 9.17) is 0 Å². The fourth-order valence-corrected chi connectivity index (χ4v) is 1.34. The van der Waals surface area contributed by atoms with E-state index >= 15 is 0 Å². The molecule has 0 N–H and O–H groups in total. The first-order valence-electron chi connectivity index (χ1n) is 4.00. The molecule has 0 spiro atoms. The number of methoxy groups -OCH3 is 1. The minimum atomic E-state index is -0.170. The van der Waals surface area contributed by atoms with E-state index < -0.39 is 0 Å². The number of carbonyl (C=O) groups is 2. The van der Waals surface area contributed by atoms with Crippen molar-refractivity contribution in [2.45, 2.75) is 19.3 Å². The predicted octanol–water partition coefficient (Wildman–Crippen LogP) is 1.08. The second-order valence-corrected chi connectivity index (χ2v) is 2.89. The van der Waals surface area contributed by atoms with Crippen LogP contribution >= 0.6 is 0 Å². The van der Waals surface area contributed by atoms with Crippen molar-refractivity contribution < 1.29 is 14.3 Å². The summed E-state index contributed by atoms with van der Waals surface area (Å²) in [6.45, 7) is 0. The van der Waals surface area contributed by atoms with Crippen molar-refractivity contribution in [2.24, 2.45) is 5.92 Å². The minimum absolute atomic E-state index is 0.0429. The van der Waals surface area contributed by atoms with Gasteiger partial charge in [0.25, 0.3) is 0 Å². The topological polar surface area (TPSA) is 43.4 Å². The number of carbonyl (C=O) groups excluding carboxylic acids is 2. The molecular formula is C9H12O3. The van der Waals surface area contributed by atoms with Gasteiger partial charge in [-0.2, -0.15) is 0 Å². The second-order valence-electron chi connectivity index (χ2n) is 2.89. The number of rotatable bonds is 2. The maximum Gasteiger partial charge on any atom is 0.308 e. The fourth-order valence-electron chi connectivity index (χ4n) is 1.34. The van der Waals surface area contributed by atoms with Gasteiger partial charge in [-0.25, -0.2) is 0 Å². The summed E-state index contributed by atoms with van der Waals surface area (Å²) in [5, 5.41) is 0. The summed E-state index contributed by atoms with van der Waals surface area (Å²) >= 11 is 0. The highest BCUT2D eigenvalue weighted by Crippen LogP contribution is 2.23. The van der Waals surface area contributed by atoms with Gasteiger partial charge in [-0.1, -0.05) is 6.08 Å². The van der Waals surface area contributed by atoms with Crippen LogP contribution in [0.15, 0.2) is 11.6 Å². The fraction of sp³-hybridized carbons (Fsp3) is 0.556. The van der Waals surface area contributed by atoms with Crippen LogP contribution in [0.3, 0.4) is 0 Å². The van der Waals surface area contributed by atoms with E-state index in [1.807, 2.05) is 6.08 Å². The molecule has 1 atom stereocenters. The van der Waals surface area contributed by atoms with E-state index in [0.717, 1.165) is 18.3 Å². The van der Waals surface area contributed by atoms with Crippen LogP contribution in [0.5, 0.6) is 0 Å². The number of esters is 1. The number of ether oxygens (including phenoxy) is 1. The van der Waals surface area contributed by atoms with E-state index in [9.17, 15) is 9.59 Å². The van der Waals surface area contributed by atoms with Gasteiger partial charge in [0.05, 0.1) is 13.0 Å². The molecule has 0 aromatic carbocycles. The van der Waals surface area contributed by atoms with Crippen molar-refractivity contribution >= 4 is 12.3 Å². The van der Waals surface area contributed by atoms with Gasteiger partial charge in [-0.3, -0.25) is 9.59 Å². The summed E-state index contributed by atoms with van der Waals surface area (Å²) in [4.78, 5) is 21.3. The number of hydrogen-bond donors (Lipinski definition) is 0. The van der Waals surface area contributed by atoms with Crippen molar-refractivity contribution in [1.82, 2.24) is 0 Å². The average Bonchev–Trinajstić information content (AvgIpc) is 2.17. The second kappa shape index (κ2) is 4.04. The zero-order valence-electron chi connectivity index (χ0n) is 7.08. The van der Waals surface area contributed by atoms with E-state index in [1.54, 1.807) is 0 Å². The van der Waals surface area contributed by atoms with Crippen LogP contribution < -0.4 is 0 Å². The third-order valence-corrected chi connectivity index (χ3v) is 2.13. The number of allylic oxidation sites excluding steroid dienone is 2. The molecule has 12 heavy (non-hydrogen) atoms. The highest BCUT2D eigenvalue weighted by molar-refractivity contribution is 5.76. The molecule has 0 radical (unpaired) electrons. The smallest absolute Gasteiger partial charge is 0.308 e. The van der Waals surface area contributed by atoms with Gasteiger partial charge >= 0.3 is 5.97 Å². The lowest BCUT2D eigenvalue weighted by Gasteiger charge is -2.16. The van der Waals surface area contributed by atoms with Gasteiger partial charge < -0.3 is 4.74 Å². The first-order chi connectivity index (χ1) is 5.77. The third kappa shape index (κ3) is 1.94. The molecule has 0 bridgehead atoms. The van der Waals surface area contributed by atoms with Crippen LogP contribution in [0.1, 0.15) is 19.3 Å². The van der Waals surface area contributed by atoms with Crippen LogP contribution in [0, 0.1) is 5.92 Å². The first-order valence-corrected chi connectivity index (χ1v) is 4.00. The molecule has 1 aliphatic carbocycles. The number of hydrogen-bond acceptors (Lipinski definition) is 3. The van der Waals surface area contributed by atoms with Crippen molar-refractivity contribution in [3.8, 4) is 0 Å². The first kappa shape index (κ1) is 8.97. The molecule has 1 unspecified atom stereocenters. The lowest BCUT2D eigenvalue weighted by Crippen LogP contribution is -2.18. The Bertz CT molecular complexity index is 218. The highest BCUT2D eigenvalue weighted by Gasteiger charge is 2.21. The standard InChI is InChI=1S/C9H12O3/c1-12-9(11)8-4-2-7(6-10)3-5-8/h2,6,8H,3-5H2,1H3. The molecule has 3 nitrogen and oxygen atoms in total. The van der Waals surface area contributed by atoms with Crippen LogP contribution in [-0.4, -0.2) is 19.4 Å². The van der Waals surface area contributed by atoms with E-state index in [2.05, 4.69) is 4.74 Å². The molecule has 0 aliphatic heterocycles. The van der Waals surface area contributed by atoms with Gasteiger partial charge in [0, 0.05) is 0 Å². The minimum Gasteiger partial charge on any atom is -0.469 e. The zero-order chi connectivity index (χ0) is 8.97. The zero-order valence-corrected chi connectivity index (χ0v) is 7.08. The SMILES string of the molecule is COC(=O)C1CC=C(C=O)CC1. The van der Waals surface area contributed by atoms with Crippen LogP contribution in [-0.2, 0) is 14.3 Å². The van der Waals surface area contributed by atoms with Crippen molar-refractivity contribution in [3.63, 3.8) is 0 Å². The molecule has 0 heterocycles. The molecule has 0 fully saturated rings. The van der Waals surface area contributed by atoms with Gasteiger partial charge in [-0.05, 0) is 24.8 Å². The lowest BCUT2D eigenvalue weighted by atomic mass is 9.90. The monoisotopic (exact) mass is 168 g/mol. The molecule has 0 amide bonds. The predicted molar refractivity (Wildman–Crippen MR) is 43.5 cm³/mol. The van der Waals surface area contributed by atoms with Crippen molar-refractivity contribution in [3.05, 3.63) is 11.6 Å². The Morgan fingerprint density at radius 3 is 2.92 bits per heavy atom. The molecule has 66 valence electrons. The normalized spacial score (nSPS) is 22.8. The van der Waals surface area contributed by atoms with Gasteiger partial charge in [-0.15, -0.1) is 0 Å².